The van der Waals surface area contributed by atoms with Crippen LogP contribution in [-0.2, 0) is 4.79 Å². The molecule has 1 fully saturated rings. The van der Waals surface area contributed by atoms with Crippen molar-refractivity contribution in [3.05, 3.63) is 35.9 Å². The van der Waals surface area contributed by atoms with E-state index in [0.29, 0.717) is 18.4 Å². The van der Waals surface area contributed by atoms with Gasteiger partial charge in [-0.15, -0.1) is 0 Å². The van der Waals surface area contributed by atoms with E-state index in [9.17, 15) is 26.7 Å². The number of alkyl halides is 5. The van der Waals surface area contributed by atoms with Crippen LogP contribution in [0.15, 0.2) is 30.3 Å². The zero-order chi connectivity index (χ0) is 15.0. The fourth-order valence-electron chi connectivity index (χ4n) is 1.92. The fraction of sp³-hybridized carbons (Fsp3) is 0.462. The molecule has 7 heteroatoms. The van der Waals surface area contributed by atoms with Gasteiger partial charge in [-0.3, -0.25) is 4.79 Å². The summed E-state index contributed by atoms with van der Waals surface area (Å²) in [5.74, 6) is -7.77. The summed E-state index contributed by atoms with van der Waals surface area (Å²) in [6.45, 7) is 0. The highest BCUT2D eigenvalue weighted by molar-refractivity contribution is 5.84. The number of rotatable bonds is 4. The van der Waals surface area contributed by atoms with Crippen LogP contribution >= 0.6 is 0 Å². The number of benzene rings is 1. The number of carbonyl (C=O) groups excluding carboxylic acids is 1. The Labute approximate surface area is 112 Å². The molecule has 0 radical (unpaired) electrons. The first kappa shape index (κ1) is 14.7. The van der Waals surface area contributed by atoms with Gasteiger partial charge in [0.05, 0.1) is 6.04 Å². The van der Waals surface area contributed by atoms with Crippen LogP contribution in [0.4, 0.5) is 22.0 Å². The molecule has 2 rings (SSSR count). The van der Waals surface area contributed by atoms with Crippen LogP contribution < -0.4 is 5.32 Å². The lowest BCUT2D eigenvalue weighted by Crippen LogP contribution is -2.51. The third-order valence-electron chi connectivity index (χ3n) is 3.18. The van der Waals surface area contributed by atoms with Gasteiger partial charge in [-0.05, 0) is 24.3 Å². The summed E-state index contributed by atoms with van der Waals surface area (Å²) >= 11 is 0. The molecule has 2 nitrogen and oxygen atoms in total. The van der Waals surface area contributed by atoms with E-state index in [1.165, 1.54) is 0 Å². The maximum absolute atomic E-state index is 12.9. The Morgan fingerprint density at radius 1 is 1.10 bits per heavy atom. The lowest BCUT2D eigenvalue weighted by Gasteiger charge is -2.24. The van der Waals surface area contributed by atoms with Crippen molar-refractivity contribution >= 4 is 5.91 Å². The van der Waals surface area contributed by atoms with E-state index in [-0.39, 0.29) is 5.92 Å². The van der Waals surface area contributed by atoms with Gasteiger partial charge >= 0.3 is 18.0 Å². The molecule has 1 aromatic rings. The summed E-state index contributed by atoms with van der Waals surface area (Å²) in [6, 6.07) is 7.35. The summed E-state index contributed by atoms with van der Waals surface area (Å²) in [6.07, 6.45) is -4.50. The maximum Gasteiger partial charge on any atom is 0.463 e. The SMILES string of the molecule is O=C(NC(c1ccccc1)C1CC1)C(F)(F)C(F)(F)F. The van der Waals surface area contributed by atoms with Gasteiger partial charge in [0.25, 0.3) is 0 Å². The Morgan fingerprint density at radius 3 is 2.10 bits per heavy atom. The van der Waals surface area contributed by atoms with Crippen molar-refractivity contribution in [3.8, 4) is 0 Å². The zero-order valence-corrected chi connectivity index (χ0v) is 10.3. The number of halogens is 5. The Morgan fingerprint density at radius 2 is 1.65 bits per heavy atom. The minimum absolute atomic E-state index is 0.0922. The van der Waals surface area contributed by atoms with Crippen LogP contribution in [0.5, 0.6) is 0 Å². The van der Waals surface area contributed by atoms with E-state index in [4.69, 9.17) is 0 Å². The van der Waals surface area contributed by atoms with Gasteiger partial charge in [0.1, 0.15) is 0 Å². The van der Waals surface area contributed by atoms with Crippen LogP contribution in [0.2, 0.25) is 0 Å². The van der Waals surface area contributed by atoms with Crippen LogP contribution in [0.1, 0.15) is 24.4 Å². The number of amides is 1. The van der Waals surface area contributed by atoms with Crippen LogP contribution in [-0.4, -0.2) is 18.0 Å². The number of hydrogen-bond acceptors (Lipinski definition) is 1. The van der Waals surface area contributed by atoms with Crippen molar-refractivity contribution in [3.63, 3.8) is 0 Å². The monoisotopic (exact) mass is 293 g/mol. The van der Waals surface area contributed by atoms with Gasteiger partial charge < -0.3 is 5.32 Å². The molecule has 0 aromatic heterocycles. The van der Waals surface area contributed by atoms with E-state index < -0.39 is 24.0 Å². The molecule has 1 unspecified atom stereocenters. The quantitative estimate of drug-likeness (QED) is 0.846. The molecular formula is C13H12F5NO. The molecule has 110 valence electrons. The van der Waals surface area contributed by atoms with Gasteiger partial charge in [0, 0.05) is 0 Å². The second-order valence-corrected chi connectivity index (χ2v) is 4.77. The molecule has 0 saturated heterocycles. The number of nitrogens with one attached hydrogen (secondary N) is 1. The molecule has 20 heavy (non-hydrogen) atoms. The van der Waals surface area contributed by atoms with Crippen molar-refractivity contribution in [1.29, 1.82) is 0 Å². The first-order chi connectivity index (χ1) is 9.23. The average molecular weight is 293 g/mol. The first-order valence-electron chi connectivity index (χ1n) is 6.04. The summed E-state index contributed by atoms with van der Waals surface area (Å²) in [5, 5.41) is 1.83. The van der Waals surface area contributed by atoms with Crippen LogP contribution in [0.3, 0.4) is 0 Å². The molecule has 1 aromatic carbocycles. The minimum atomic E-state index is -5.89. The van der Waals surface area contributed by atoms with Crippen LogP contribution in [0, 0.1) is 5.92 Å². The van der Waals surface area contributed by atoms with Crippen molar-refractivity contribution < 1.29 is 26.7 Å². The van der Waals surface area contributed by atoms with Gasteiger partial charge in [-0.2, -0.15) is 22.0 Å². The predicted molar refractivity (Wildman–Crippen MR) is 61.1 cm³/mol. The summed E-state index contributed by atoms with van der Waals surface area (Å²) in [5.41, 5.74) is 0.529. The third kappa shape index (κ3) is 2.91. The first-order valence-corrected chi connectivity index (χ1v) is 6.04. The lowest BCUT2D eigenvalue weighted by molar-refractivity contribution is -0.270. The molecule has 1 amide bonds. The predicted octanol–water partition coefficient (Wildman–Crippen LogP) is 3.45. The fourth-order valence-corrected chi connectivity index (χ4v) is 1.92. The Balaban J connectivity index is 2.16. The molecule has 0 aliphatic heterocycles. The molecule has 1 N–H and O–H groups in total. The molecule has 1 aliphatic rings. The minimum Gasteiger partial charge on any atom is -0.343 e. The molecule has 0 bridgehead atoms. The third-order valence-corrected chi connectivity index (χ3v) is 3.18. The van der Waals surface area contributed by atoms with Crippen molar-refractivity contribution in [2.75, 3.05) is 0 Å². The standard InChI is InChI=1S/C13H12F5NO/c14-12(15,13(16,17)18)11(20)19-10(9-6-7-9)8-4-2-1-3-5-8/h1-5,9-10H,6-7H2,(H,19,20). The highest BCUT2D eigenvalue weighted by atomic mass is 19.4. The highest BCUT2D eigenvalue weighted by Gasteiger charge is 2.63. The zero-order valence-electron chi connectivity index (χ0n) is 10.3. The maximum atomic E-state index is 12.9. The molecule has 1 saturated carbocycles. The highest BCUT2D eigenvalue weighted by Crippen LogP contribution is 2.42. The summed E-state index contributed by atoms with van der Waals surface area (Å²) in [4.78, 5) is 11.2. The smallest absolute Gasteiger partial charge is 0.343 e. The van der Waals surface area contributed by atoms with E-state index in [1.54, 1.807) is 30.3 Å². The summed E-state index contributed by atoms with van der Waals surface area (Å²) < 4.78 is 62.3. The topological polar surface area (TPSA) is 29.1 Å². The summed E-state index contributed by atoms with van der Waals surface area (Å²) in [7, 11) is 0. The second-order valence-electron chi connectivity index (χ2n) is 4.77. The van der Waals surface area contributed by atoms with Gasteiger partial charge in [-0.1, -0.05) is 30.3 Å². The average Bonchev–Trinajstić information content (AvgIpc) is 3.19. The molecule has 1 atom stereocenters. The number of carbonyl (C=O) groups is 1. The van der Waals surface area contributed by atoms with Crippen LogP contribution in [0.25, 0.3) is 0 Å². The molecule has 0 heterocycles. The Kier molecular flexibility index (Phi) is 3.71. The lowest BCUT2D eigenvalue weighted by atomic mass is 10.0. The molecule has 1 aliphatic carbocycles. The van der Waals surface area contributed by atoms with Gasteiger partial charge in [-0.25, -0.2) is 0 Å². The van der Waals surface area contributed by atoms with Gasteiger partial charge in [0.15, 0.2) is 0 Å². The largest absolute Gasteiger partial charge is 0.463 e. The van der Waals surface area contributed by atoms with E-state index in [0.717, 1.165) is 0 Å². The van der Waals surface area contributed by atoms with E-state index in [2.05, 4.69) is 0 Å². The van der Waals surface area contributed by atoms with Crippen molar-refractivity contribution in [1.82, 2.24) is 5.32 Å². The molecule has 0 spiro atoms. The number of hydrogen-bond donors (Lipinski definition) is 1. The van der Waals surface area contributed by atoms with E-state index >= 15 is 0 Å². The second kappa shape index (κ2) is 5.03. The Bertz CT molecular complexity index is 481. The van der Waals surface area contributed by atoms with Crippen molar-refractivity contribution in [2.24, 2.45) is 5.92 Å². The Hall–Kier alpha value is -1.66. The van der Waals surface area contributed by atoms with E-state index in [1.807, 2.05) is 5.32 Å². The normalized spacial score (nSPS) is 17.6. The molecular weight excluding hydrogens is 281 g/mol. The van der Waals surface area contributed by atoms with Gasteiger partial charge in [0.2, 0.25) is 0 Å². The van der Waals surface area contributed by atoms with Crippen molar-refractivity contribution in [2.45, 2.75) is 31.0 Å².